The predicted molar refractivity (Wildman–Crippen MR) is 109 cm³/mol. The van der Waals surface area contributed by atoms with E-state index in [1.807, 2.05) is 54.6 Å². The van der Waals surface area contributed by atoms with Crippen molar-refractivity contribution in [3.8, 4) is 11.5 Å². The van der Waals surface area contributed by atoms with Gasteiger partial charge >= 0.3 is 6.03 Å². The van der Waals surface area contributed by atoms with E-state index in [9.17, 15) is 14.4 Å². The van der Waals surface area contributed by atoms with Gasteiger partial charge in [-0.1, -0.05) is 44.2 Å². The Hall–Kier alpha value is -3.39. The van der Waals surface area contributed by atoms with Crippen LogP contribution >= 0.6 is 0 Å². The number of nitrogens with zero attached hydrogens (tertiary/aromatic N) is 1. The maximum absolute atomic E-state index is 12.7. The van der Waals surface area contributed by atoms with Gasteiger partial charge in [-0.15, -0.1) is 0 Å². The van der Waals surface area contributed by atoms with E-state index >= 15 is 0 Å². The summed E-state index contributed by atoms with van der Waals surface area (Å²) in [5.74, 6) is -0.148. The summed E-state index contributed by atoms with van der Waals surface area (Å²) in [7, 11) is 0. The number of rotatable bonds is 8. The molecule has 0 radical (unpaired) electrons. The Morgan fingerprint density at radius 2 is 1.73 bits per heavy atom. The van der Waals surface area contributed by atoms with E-state index in [0.717, 1.165) is 16.2 Å². The molecule has 1 aliphatic heterocycles. The fourth-order valence-electron chi connectivity index (χ4n) is 3.45. The topological polar surface area (TPSA) is 108 Å². The van der Waals surface area contributed by atoms with E-state index in [1.54, 1.807) is 13.8 Å². The Morgan fingerprint density at radius 3 is 2.33 bits per heavy atom. The van der Waals surface area contributed by atoms with Crippen molar-refractivity contribution in [2.75, 3.05) is 0 Å². The summed E-state index contributed by atoms with van der Waals surface area (Å²) in [6.45, 7) is 3.40. The smallest absolute Gasteiger partial charge is 0.325 e. The monoisotopic (exact) mass is 411 g/mol. The number of carbonyl (C=O) groups excluding carboxylic acids is 3. The number of hydrogen-bond donors (Lipinski definition) is 3. The predicted octanol–water partition coefficient (Wildman–Crippen LogP) is 2.86. The zero-order valence-corrected chi connectivity index (χ0v) is 16.9. The Morgan fingerprint density at radius 1 is 1.10 bits per heavy atom. The molecule has 8 nitrogen and oxygen atoms in total. The van der Waals surface area contributed by atoms with Crippen molar-refractivity contribution in [2.45, 2.75) is 38.8 Å². The highest BCUT2D eigenvalue weighted by Crippen LogP contribution is 2.23. The maximum Gasteiger partial charge on any atom is 0.325 e. The van der Waals surface area contributed by atoms with E-state index in [2.05, 4.69) is 5.32 Å². The summed E-state index contributed by atoms with van der Waals surface area (Å²) in [4.78, 5) is 37.9. The number of hydroxylamine groups is 1. The van der Waals surface area contributed by atoms with Crippen molar-refractivity contribution in [1.82, 2.24) is 15.7 Å². The molecule has 3 rings (SSSR count). The summed E-state index contributed by atoms with van der Waals surface area (Å²) in [6.07, 6.45) is 0.959. The molecule has 8 heteroatoms. The lowest BCUT2D eigenvalue weighted by molar-refractivity contribution is -0.142. The Kier molecular flexibility index (Phi) is 6.68. The Bertz CT molecular complexity index is 899. The van der Waals surface area contributed by atoms with Crippen LogP contribution in [0.4, 0.5) is 4.79 Å². The van der Waals surface area contributed by atoms with Gasteiger partial charge in [0, 0.05) is 0 Å². The van der Waals surface area contributed by atoms with Gasteiger partial charge in [0.2, 0.25) is 0 Å². The van der Waals surface area contributed by atoms with Crippen LogP contribution in [0.15, 0.2) is 54.6 Å². The van der Waals surface area contributed by atoms with E-state index in [4.69, 9.17) is 9.94 Å². The van der Waals surface area contributed by atoms with Crippen LogP contribution in [0.3, 0.4) is 0 Å². The highest BCUT2D eigenvalue weighted by atomic mass is 16.5. The summed E-state index contributed by atoms with van der Waals surface area (Å²) in [6, 6.07) is 14.6. The number of ether oxygens (including phenoxy) is 1. The third-order valence-electron chi connectivity index (χ3n) is 4.96. The number of nitrogens with one attached hydrogen (secondary N) is 2. The summed E-state index contributed by atoms with van der Waals surface area (Å²) in [5, 5.41) is 11.6. The first-order chi connectivity index (χ1) is 14.4. The quantitative estimate of drug-likeness (QED) is 0.352. The molecule has 2 aromatic carbocycles. The van der Waals surface area contributed by atoms with Gasteiger partial charge in [-0.25, -0.2) is 15.2 Å². The highest BCUT2D eigenvalue weighted by Gasteiger charge is 2.45. The fraction of sp³-hybridized carbons (Fsp3) is 0.318. The van der Waals surface area contributed by atoms with Crippen LogP contribution in [0.2, 0.25) is 0 Å². The summed E-state index contributed by atoms with van der Waals surface area (Å²) < 4.78 is 5.76. The molecular weight excluding hydrogens is 386 g/mol. The zero-order chi connectivity index (χ0) is 21.7. The van der Waals surface area contributed by atoms with Gasteiger partial charge in [0.15, 0.2) is 0 Å². The molecule has 30 heavy (non-hydrogen) atoms. The number of para-hydroxylation sites is 1. The molecule has 3 N–H and O–H groups in total. The second kappa shape index (κ2) is 9.41. The second-order valence-electron chi connectivity index (χ2n) is 7.47. The molecule has 1 heterocycles. The molecule has 1 aliphatic rings. The van der Waals surface area contributed by atoms with Crippen LogP contribution in [-0.4, -0.2) is 40.0 Å². The van der Waals surface area contributed by atoms with Gasteiger partial charge in [0.1, 0.15) is 23.6 Å². The lowest BCUT2D eigenvalue weighted by Gasteiger charge is -2.26. The molecule has 0 aromatic heterocycles. The van der Waals surface area contributed by atoms with Crippen molar-refractivity contribution >= 4 is 17.8 Å². The largest absolute Gasteiger partial charge is 0.457 e. The molecule has 0 saturated carbocycles. The van der Waals surface area contributed by atoms with Crippen LogP contribution < -0.4 is 15.5 Å². The lowest BCUT2D eigenvalue weighted by atomic mass is 10.0. The number of hydrogen-bond acceptors (Lipinski definition) is 5. The average molecular weight is 411 g/mol. The molecule has 0 aliphatic carbocycles. The summed E-state index contributed by atoms with van der Waals surface area (Å²) in [5.41, 5.74) is 2.53. The number of imide groups is 1. The minimum Gasteiger partial charge on any atom is -0.457 e. The van der Waals surface area contributed by atoms with Crippen molar-refractivity contribution in [3.63, 3.8) is 0 Å². The normalized spacial score (nSPS) is 17.1. The van der Waals surface area contributed by atoms with Crippen LogP contribution in [-0.2, 0) is 16.0 Å². The second-order valence-corrected chi connectivity index (χ2v) is 7.47. The third kappa shape index (κ3) is 4.77. The van der Waals surface area contributed by atoms with Gasteiger partial charge in [-0.05, 0) is 48.6 Å². The molecule has 4 amide bonds. The van der Waals surface area contributed by atoms with Gasteiger partial charge in [0.25, 0.3) is 11.8 Å². The van der Waals surface area contributed by atoms with E-state index < -0.39 is 29.9 Å². The third-order valence-corrected chi connectivity index (χ3v) is 4.96. The molecular formula is C22H25N3O5. The Balaban J connectivity index is 1.60. The number of amides is 4. The van der Waals surface area contributed by atoms with Gasteiger partial charge in [-0.2, -0.15) is 0 Å². The molecule has 158 valence electrons. The summed E-state index contributed by atoms with van der Waals surface area (Å²) >= 11 is 0. The molecule has 1 fully saturated rings. The van der Waals surface area contributed by atoms with Crippen molar-refractivity contribution < 1.29 is 24.3 Å². The van der Waals surface area contributed by atoms with Gasteiger partial charge in [0.05, 0.1) is 0 Å². The number of urea groups is 1. The average Bonchev–Trinajstić information content (AvgIpc) is 3.02. The standard InChI is InChI=1S/C22H25N3O5/c1-14(2)19(20(26)24-29)25-21(27)18(23-22(25)28)13-10-15-8-11-17(12-9-15)30-16-6-4-3-5-7-16/h3-9,11-12,14,18-19,29H,10,13H2,1-2H3,(H,23,28)(H,24,26). The first kappa shape index (κ1) is 21.3. The number of carbonyl (C=O) groups is 3. The van der Waals surface area contributed by atoms with E-state index in [0.29, 0.717) is 18.6 Å². The van der Waals surface area contributed by atoms with Crippen LogP contribution in [0.5, 0.6) is 11.5 Å². The van der Waals surface area contributed by atoms with Crippen molar-refractivity contribution in [1.29, 1.82) is 0 Å². The molecule has 2 unspecified atom stereocenters. The lowest BCUT2D eigenvalue weighted by Crippen LogP contribution is -2.52. The maximum atomic E-state index is 12.7. The zero-order valence-electron chi connectivity index (χ0n) is 16.9. The highest BCUT2D eigenvalue weighted by molar-refractivity contribution is 6.07. The SMILES string of the molecule is CC(C)C(C(=O)NO)N1C(=O)NC(CCc2ccc(Oc3ccccc3)cc2)C1=O. The molecule has 0 spiro atoms. The number of aryl methyl sites for hydroxylation is 1. The molecule has 0 bridgehead atoms. The Labute approximate surface area is 174 Å². The first-order valence-corrected chi connectivity index (χ1v) is 9.80. The first-order valence-electron chi connectivity index (χ1n) is 9.80. The molecule has 2 aromatic rings. The van der Waals surface area contributed by atoms with Crippen LogP contribution in [0, 0.1) is 5.92 Å². The minimum absolute atomic E-state index is 0.345. The van der Waals surface area contributed by atoms with E-state index in [-0.39, 0.29) is 5.92 Å². The molecule has 2 atom stereocenters. The number of benzene rings is 2. The fourth-order valence-corrected chi connectivity index (χ4v) is 3.45. The van der Waals surface area contributed by atoms with E-state index in [1.165, 1.54) is 5.48 Å². The van der Waals surface area contributed by atoms with Crippen molar-refractivity contribution in [2.24, 2.45) is 5.92 Å². The molecule has 1 saturated heterocycles. The minimum atomic E-state index is -1.07. The van der Waals surface area contributed by atoms with Gasteiger partial charge < -0.3 is 10.1 Å². The van der Waals surface area contributed by atoms with Crippen molar-refractivity contribution in [3.05, 3.63) is 60.2 Å². The van der Waals surface area contributed by atoms with Crippen LogP contribution in [0.1, 0.15) is 25.8 Å². The van der Waals surface area contributed by atoms with Gasteiger partial charge in [-0.3, -0.25) is 14.8 Å². The van der Waals surface area contributed by atoms with Crippen LogP contribution in [0.25, 0.3) is 0 Å².